The number of piperidine rings is 1. The molecule has 0 saturated carbocycles. The minimum Gasteiger partial charge on any atom is -0.368 e. The third kappa shape index (κ3) is 2.88. The van der Waals surface area contributed by atoms with E-state index < -0.39 is 5.60 Å². The molecule has 2 aliphatic rings. The van der Waals surface area contributed by atoms with Gasteiger partial charge in [0.25, 0.3) is 5.91 Å². The smallest absolute Gasteiger partial charge is 0.274 e. The van der Waals surface area contributed by atoms with Crippen LogP contribution in [0.15, 0.2) is 54.9 Å². The van der Waals surface area contributed by atoms with Crippen LogP contribution in [0.1, 0.15) is 34.6 Å². The van der Waals surface area contributed by atoms with E-state index in [9.17, 15) is 4.79 Å². The van der Waals surface area contributed by atoms with Crippen molar-refractivity contribution in [3.05, 3.63) is 71.8 Å². The molecule has 28 heavy (non-hydrogen) atoms. The van der Waals surface area contributed by atoms with Gasteiger partial charge >= 0.3 is 0 Å². The number of hydrogen-bond acceptors (Lipinski definition) is 5. The third-order valence-electron chi connectivity index (χ3n) is 5.64. The van der Waals surface area contributed by atoms with Gasteiger partial charge in [-0.2, -0.15) is 10.2 Å². The summed E-state index contributed by atoms with van der Waals surface area (Å²) in [6.45, 7) is 1.92. The highest BCUT2D eigenvalue weighted by Crippen LogP contribution is 2.41. The van der Waals surface area contributed by atoms with Crippen molar-refractivity contribution in [3.63, 3.8) is 0 Å². The molecule has 1 spiro atoms. The first-order chi connectivity index (χ1) is 13.8. The average Bonchev–Trinajstić information content (AvgIpc) is 3.21. The molecule has 7 heteroatoms. The van der Waals surface area contributed by atoms with Gasteiger partial charge in [-0.1, -0.05) is 18.2 Å². The highest BCUT2D eigenvalue weighted by atomic mass is 16.5. The van der Waals surface area contributed by atoms with Gasteiger partial charge in [-0.3, -0.25) is 4.79 Å². The van der Waals surface area contributed by atoms with Crippen LogP contribution in [0, 0.1) is 0 Å². The van der Waals surface area contributed by atoms with E-state index in [4.69, 9.17) is 9.84 Å². The van der Waals surface area contributed by atoms with E-state index in [-0.39, 0.29) is 5.91 Å². The lowest BCUT2D eigenvalue weighted by Crippen LogP contribution is -2.48. The Balaban J connectivity index is 1.38. The van der Waals surface area contributed by atoms with Crippen molar-refractivity contribution >= 4 is 5.91 Å². The molecule has 2 aliphatic heterocycles. The van der Waals surface area contributed by atoms with Crippen molar-refractivity contribution in [2.45, 2.75) is 24.9 Å². The highest BCUT2D eigenvalue weighted by Gasteiger charge is 2.44. The van der Waals surface area contributed by atoms with Gasteiger partial charge in [0.1, 0.15) is 5.60 Å². The number of nitrogens with zero attached hydrogens (tertiary/aromatic N) is 5. The Hall–Kier alpha value is -3.06. The van der Waals surface area contributed by atoms with Crippen LogP contribution < -0.4 is 0 Å². The Kier molecular flexibility index (Phi) is 4.16. The van der Waals surface area contributed by atoms with Crippen molar-refractivity contribution in [1.82, 2.24) is 24.9 Å². The predicted octanol–water partition coefficient (Wildman–Crippen LogP) is 2.37. The van der Waals surface area contributed by atoms with Crippen LogP contribution in [0.3, 0.4) is 0 Å². The number of fused-ring (bicyclic) bond motifs is 2. The number of carbonyl (C=O) groups excluding carboxylic acids is 1. The Labute approximate surface area is 163 Å². The van der Waals surface area contributed by atoms with E-state index in [1.54, 1.807) is 18.3 Å². The van der Waals surface area contributed by atoms with E-state index in [1.807, 2.05) is 39.9 Å². The van der Waals surface area contributed by atoms with Crippen LogP contribution in [-0.2, 0) is 16.8 Å². The van der Waals surface area contributed by atoms with E-state index in [0.29, 0.717) is 25.4 Å². The van der Waals surface area contributed by atoms with Gasteiger partial charge in [0, 0.05) is 25.5 Å². The number of rotatable bonds is 2. The molecule has 0 N–H and O–H groups in total. The number of aromatic nitrogens is 4. The van der Waals surface area contributed by atoms with Crippen molar-refractivity contribution in [2.24, 2.45) is 0 Å². The molecule has 2 aromatic heterocycles. The Bertz CT molecular complexity index is 979. The predicted molar refractivity (Wildman–Crippen MR) is 102 cm³/mol. The van der Waals surface area contributed by atoms with Crippen LogP contribution in [0.25, 0.3) is 5.69 Å². The minimum absolute atomic E-state index is 0.0752. The summed E-state index contributed by atoms with van der Waals surface area (Å²) in [6, 6.07) is 13.6. The fourth-order valence-electron chi connectivity index (χ4n) is 4.14. The highest BCUT2D eigenvalue weighted by molar-refractivity contribution is 5.92. The van der Waals surface area contributed by atoms with Crippen molar-refractivity contribution in [1.29, 1.82) is 0 Å². The van der Waals surface area contributed by atoms with Gasteiger partial charge in [-0.15, -0.1) is 5.10 Å². The second kappa shape index (κ2) is 6.83. The number of amides is 1. The monoisotopic (exact) mass is 375 g/mol. The maximum Gasteiger partial charge on any atom is 0.274 e. The van der Waals surface area contributed by atoms with Crippen LogP contribution in [0.4, 0.5) is 0 Å². The summed E-state index contributed by atoms with van der Waals surface area (Å²) in [6.07, 6.45) is 6.02. The fraction of sp³-hybridized carbons (Fsp3) is 0.333. The number of likely N-dealkylation sites (tertiary alicyclic amines) is 1. The number of carbonyl (C=O) groups is 1. The summed E-state index contributed by atoms with van der Waals surface area (Å²) in [5, 5.41) is 12.6. The van der Waals surface area contributed by atoms with Gasteiger partial charge in [-0.25, -0.2) is 4.68 Å². The summed E-state index contributed by atoms with van der Waals surface area (Å²) >= 11 is 0. The van der Waals surface area contributed by atoms with Crippen molar-refractivity contribution in [2.75, 3.05) is 19.7 Å². The Morgan fingerprint density at radius 2 is 1.89 bits per heavy atom. The lowest BCUT2D eigenvalue weighted by molar-refractivity contribution is -0.0963. The summed E-state index contributed by atoms with van der Waals surface area (Å²) in [7, 11) is 0. The van der Waals surface area contributed by atoms with E-state index in [2.05, 4.69) is 16.4 Å². The first-order valence-electron chi connectivity index (χ1n) is 9.61. The largest absolute Gasteiger partial charge is 0.368 e. The number of ether oxygens (including phenoxy) is 1. The van der Waals surface area contributed by atoms with Crippen molar-refractivity contribution < 1.29 is 9.53 Å². The molecule has 4 heterocycles. The second-order valence-corrected chi connectivity index (χ2v) is 7.28. The molecule has 0 aliphatic carbocycles. The Morgan fingerprint density at radius 1 is 1.07 bits per heavy atom. The molecular weight excluding hydrogens is 354 g/mol. The standard InChI is InChI=1S/C21H21N5O2/c27-20(18-7-4-11-22-23-18)25-12-9-21(10-13-25)19-16(8-14-28-21)15-26(24-19)17-5-2-1-3-6-17/h1-7,11,15H,8-10,12-14H2. The fourth-order valence-corrected chi connectivity index (χ4v) is 4.14. The molecule has 142 valence electrons. The molecule has 0 bridgehead atoms. The molecular formula is C21H21N5O2. The van der Waals surface area contributed by atoms with Gasteiger partial charge < -0.3 is 9.64 Å². The quantitative estimate of drug-likeness (QED) is 0.688. The normalized spacial score (nSPS) is 18.1. The molecule has 1 aromatic carbocycles. The maximum absolute atomic E-state index is 12.7. The van der Waals surface area contributed by atoms with E-state index in [0.717, 1.165) is 30.6 Å². The number of benzene rings is 1. The average molecular weight is 375 g/mol. The minimum atomic E-state index is -0.410. The zero-order valence-corrected chi connectivity index (χ0v) is 15.5. The summed E-state index contributed by atoms with van der Waals surface area (Å²) in [4.78, 5) is 14.5. The zero-order chi connectivity index (χ0) is 19.0. The number of hydrogen-bond donors (Lipinski definition) is 0. The second-order valence-electron chi connectivity index (χ2n) is 7.28. The lowest BCUT2D eigenvalue weighted by Gasteiger charge is -2.42. The molecule has 1 saturated heterocycles. The Morgan fingerprint density at radius 3 is 2.64 bits per heavy atom. The van der Waals surface area contributed by atoms with Gasteiger partial charge in [0.05, 0.1) is 18.0 Å². The van der Waals surface area contributed by atoms with Crippen LogP contribution >= 0.6 is 0 Å². The topological polar surface area (TPSA) is 73.1 Å². The molecule has 0 radical (unpaired) electrons. The molecule has 1 amide bonds. The molecule has 0 atom stereocenters. The first kappa shape index (κ1) is 17.1. The summed E-state index contributed by atoms with van der Waals surface area (Å²) in [5.41, 5.74) is 3.28. The zero-order valence-electron chi connectivity index (χ0n) is 15.5. The number of para-hydroxylation sites is 1. The molecule has 3 aromatic rings. The molecule has 5 rings (SSSR count). The molecule has 7 nitrogen and oxygen atoms in total. The summed E-state index contributed by atoms with van der Waals surface area (Å²) < 4.78 is 8.22. The molecule has 0 unspecified atom stereocenters. The third-order valence-corrected chi connectivity index (χ3v) is 5.64. The maximum atomic E-state index is 12.7. The van der Waals surface area contributed by atoms with Crippen LogP contribution in [0.2, 0.25) is 0 Å². The van der Waals surface area contributed by atoms with Crippen molar-refractivity contribution in [3.8, 4) is 5.69 Å². The summed E-state index contributed by atoms with van der Waals surface area (Å²) in [5.74, 6) is -0.0752. The molecule has 1 fully saturated rings. The van der Waals surface area contributed by atoms with E-state index >= 15 is 0 Å². The van der Waals surface area contributed by atoms with Gasteiger partial charge in [-0.05, 0) is 49.1 Å². The first-order valence-corrected chi connectivity index (χ1v) is 9.61. The van der Waals surface area contributed by atoms with Crippen LogP contribution in [0.5, 0.6) is 0 Å². The lowest BCUT2D eigenvalue weighted by atomic mass is 9.83. The van der Waals surface area contributed by atoms with Crippen LogP contribution in [-0.4, -0.2) is 50.5 Å². The van der Waals surface area contributed by atoms with E-state index in [1.165, 1.54) is 5.56 Å². The SMILES string of the molecule is O=C(c1cccnn1)N1CCC2(CC1)OCCc1cn(-c3ccccc3)nc12. The van der Waals surface area contributed by atoms with Gasteiger partial charge in [0.2, 0.25) is 0 Å². The van der Waals surface area contributed by atoms with Gasteiger partial charge in [0.15, 0.2) is 5.69 Å².